The maximum atomic E-state index is 13.1. The van der Waals surface area contributed by atoms with Gasteiger partial charge in [-0.15, -0.1) is 0 Å². The minimum absolute atomic E-state index is 0.296. The Morgan fingerprint density at radius 1 is 1.04 bits per heavy atom. The van der Waals surface area contributed by atoms with E-state index in [4.69, 9.17) is 5.21 Å². The van der Waals surface area contributed by atoms with Crippen LogP contribution in [0.5, 0.6) is 0 Å². The number of halogens is 2. The van der Waals surface area contributed by atoms with Crippen LogP contribution in [0.1, 0.15) is 17.5 Å². The Kier molecular flexibility index (Phi) is 4.72. The van der Waals surface area contributed by atoms with Gasteiger partial charge in [0.05, 0.1) is 10.2 Å². The SMILES string of the molecule is O/N=C1\CCc2cc(Nc3ncc(Br)c(Nc4ccc(F)cc4)n3)ccc21. The molecular weight excluding hydrogens is 413 g/mol. The van der Waals surface area contributed by atoms with Crippen LogP contribution in [0.3, 0.4) is 0 Å². The summed E-state index contributed by atoms with van der Waals surface area (Å²) in [6, 6.07) is 11.9. The highest BCUT2D eigenvalue weighted by Crippen LogP contribution is 2.28. The summed E-state index contributed by atoms with van der Waals surface area (Å²) >= 11 is 3.42. The van der Waals surface area contributed by atoms with Crippen molar-refractivity contribution in [3.8, 4) is 0 Å². The average molecular weight is 428 g/mol. The van der Waals surface area contributed by atoms with Crippen LogP contribution >= 0.6 is 15.9 Å². The summed E-state index contributed by atoms with van der Waals surface area (Å²) in [6.45, 7) is 0. The molecule has 4 rings (SSSR count). The zero-order valence-electron chi connectivity index (χ0n) is 14.1. The molecule has 3 N–H and O–H groups in total. The van der Waals surface area contributed by atoms with Gasteiger partial charge in [-0.2, -0.15) is 4.98 Å². The highest BCUT2D eigenvalue weighted by Gasteiger charge is 2.18. The molecule has 0 fully saturated rings. The molecule has 0 spiro atoms. The molecule has 27 heavy (non-hydrogen) atoms. The largest absolute Gasteiger partial charge is 0.411 e. The van der Waals surface area contributed by atoms with Gasteiger partial charge >= 0.3 is 0 Å². The predicted molar refractivity (Wildman–Crippen MR) is 106 cm³/mol. The highest BCUT2D eigenvalue weighted by molar-refractivity contribution is 9.10. The van der Waals surface area contributed by atoms with Crippen molar-refractivity contribution in [1.29, 1.82) is 0 Å². The first kappa shape index (κ1) is 17.4. The summed E-state index contributed by atoms with van der Waals surface area (Å²) in [5, 5.41) is 18.7. The monoisotopic (exact) mass is 427 g/mol. The lowest BCUT2D eigenvalue weighted by Gasteiger charge is -2.11. The van der Waals surface area contributed by atoms with Gasteiger partial charge in [0.2, 0.25) is 5.95 Å². The van der Waals surface area contributed by atoms with Crippen molar-refractivity contribution in [3.05, 3.63) is 70.1 Å². The molecule has 0 aliphatic heterocycles. The van der Waals surface area contributed by atoms with Crippen molar-refractivity contribution in [2.24, 2.45) is 5.16 Å². The second-order valence-corrected chi connectivity index (χ2v) is 6.92. The number of fused-ring (bicyclic) bond motifs is 1. The zero-order valence-corrected chi connectivity index (χ0v) is 15.7. The fraction of sp³-hybridized carbons (Fsp3) is 0.105. The van der Waals surface area contributed by atoms with Gasteiger partial charge in [-0.05, 0) is 70.7 Å². The molecule has 1 heterocycles. The van der Waals surface area contributed by atoms with Gasteiger partial charge < -0.3 is 15.8 Å². The Balaban J connectivity index is 1.55. The predicted octanol–water partition coefficient (Wildman–Crippen LogP) is 4.99. The van der Waals surface area contributed by atoms with E-state index in [0.29, 0.717) is 22.0 Å². The van der Waals surface area contributed by atoms with Crippen molar-refractivity contribution in [1.82, 2.24) is 9.97 Å². The van der Waals surface area contributed by atoms with E-state index in [-0.39, 0.29) is 5.82 Å². The Morgan fingerprint density at radius 2 is 1.81 bits per heavy atom. The lowest BCUT2D eigenvalue weighted by molar-refractivity contribution is 0.318. The third-order valence-electron chi connectivity index (χ3n) is 4.28. The number of benzene rings is 2. The molecule has 0 amide bonds. The molecule has 3 aromatic rings. The third kappa shape index (κ3) is 3.75. The smallest absolute Gasteiger partial charge is 0.229 e. The van der Waals surface area contributed by atoms with Crippen LogP contribution in [0.25, 0.3) is 0 Å². The fourth-order valence-corrected chi connectivity index (χ4v) is 3.26. The molecule has 2 aromatic carbocycles. The molecule has 0 radical (unpaired) electrons. The number of aryl methyl sites for hydroxylation is 1. The maximum absolute atomic E-state index is 13.1. The van der Waals surface area contributed by atoms with E-state index in [9.17, 15) is 4.39 Å². The van der Waals surface area contributed by atoms with E-state index in [1.165, 1.54) is 12.1 Å². The number of oxime groups is 1. The summed E-state index contributed by atoms with van der Waals surface area (Å²) < 4.78 is 13.7. The number of rotatable bonds is 4. The van der Waals surface area contributed by atoms with Crippen molar-refractivity contribution in [3.63, 3.8) is 0 Å². The lowest BCUT2D eigenvalue weighted by atomic mass is 10.1. The molecular formula is C19H15BrFN5O. The molecule has 1 aliphatic carbocycles. The van der Waals surface area contributed by atoms with E-state index in [0.717, 1.165) is 35.3 Å². The zero-order chi connectivity index (χ0) is 18.8. The Morgan fingerprint density at radius 3 is 2.59 bits per heavy atom. The van der Waals surface area contributed by atoms with Gasteiger partial charge in [0.15, 0.2) is 0 Å². The van der Waals surface area contributed by atoms with E-state index >= 15 is 0 Å². The second-order valence-electron chi connectivity index (χ2n) is 6.07. The molecule has 8 heteroatoms. The topological polar surface area (TPSA) is 82.4 Å². The van der Waals surface area contributed by atoms with E-state index in [2.05, 4.69) is 41.7 Å². The number of anilines is 4. The number of hydrogen-bond donors (Lipinski definition) is 3. The molecule has 0 unspecified atom stereocenters. The summed E-state index contributed by atoms with van der Waals surface area (Å²) in [5.41, 5.74) is 4.37. The summed E-state index contributed by atoms with van der Waals surface area (Å²) in [4.78, 5) is 8.75. The maximum Gasteiger partial charge on any atom is 0.229 e. The van der Waals surface area contributed by atoms with Gasteiger partial charge in [0.25, 0.3) is 0 Å². The van der Waals surface area contributed by atoms with Crippen LogP contribution in [0.2, 0.25) is 0 Å². The molecule has 1 aliphatic rings. The second kappa shape index (κ2) is 7.32. The van der Waals surface area contributed by atoms with Crippen LogP contribution in [0.15, 0.2) is 58.3 Å². The molecule has 0 atom stereocenters. The standard InChI is InChI=1S/C19H15BrFN5O/c20-16-10-22-19(25-18(16)23-13-4-2-12(21)3-5-13)24-14-6-7-15-11(9-14)1-8-17(15)26-27/h2-7,9-10,27H,1,8H2,(H2,22,23,24,25)/b26-17+. The van der Waals surface area contributed by atoms with Gasteiger partial charge in [-0.25, -0.2) is 9.37 Å². The summed E-state index contributed by atoms with van der Waals surface area (Å²) in [7, 11) is 0. The molecule has 1 aromatic heterocycles. The first-order chi connectivity index (χ1) is 13.1. The summed E-state index contributed by atoms with van der Waals surface area (Å²) in [5.74, 6) is 0.697. The minimum atomic E-state index is -0.296. The summed E-state index contributed by atoms with van der Waals surface area (Å²) in [6.07, 6.45) is 3.21. The normalized spacial score (nSPS) is 14.2. The first-order valence-corrected chi connectivity index (χ1v) is 9.08. The van der Waals surface area contributed by atoms with Crippen LogP contribution in [0, 0.1) is 5.82 Å². The van der Waals surface area contributed by atoms with Crippen molar-refractivity contribution in [2.75, 3.05) is 10.6 Å². The van der Waals surface area contributed by atoms with Gasteiger partial charge in [0, 0.05) is 23.1 Å². The minimum Gasteiger partial charge on any atom is -0.411 e. The molecule has 0 saturated heterocycles. The van der Waals surface area contributed by atoms with Gasteiger partial charge in [-0.3, -0.25) is 0 Å². The number of nitrogens with one attached hydrogen (secondary N) is 2. The molecule has 136 valence electrons. The highest BCUT2D eigenvalue weighted by atomic mass is 79.9. The Hall–Kier alpha value is -3.00. The van der Waals surface area contributed by atoms with E-state index < -0.39 is 0 Å². The van der Waals surface area contributed by atoms with Crippen LogP contribution < -0.4 is 10.6 Å². The van der Waals surface area contributed by atoms with E-state index in [1.54, 1.807) is 18.3 Å². The van der Waals surface area contributed by atoms with Crippen molar-refractivity contribution >= 4 is 44.8 Å². The molecule has 6 nitrogen and oxygen atoms in total. The van der Waals surface area contributed by atoms with Crippen molar-refractivity contribution < 1.29 is 9.60 Å². The lowest BCUT2D eigenvalue weighted by Crippen LogP contribution is -2.02. The molecule has 0 bridgehead atoms. The first-order valence-electron chi connectivity index (χ1n) is 8.29. The fourth-order valence-electron chi connectivity index (χ4n) is 2.97. The molecule has 0 saturated carbocycles. The Labute approximate surface area is 163 Å². The number of aromatic nitrogens is 2. The number of nitrogens with zero attached hydrogens (tertiary/aromatic N) is 3. The van der Waals surface area contributed by atoms with Crippen molar-refractivity contribution in [2.45, 2.75) is 12.8 Å². The average Bonchev–Trinajstić information content (AvgIpc) is 3.08. The van der Waals surface area contributed by atoms with Gasteiger partial charge in [0.1, 0.15) is 11.6 Å². The Bertz CT molecular complexity index is 1020. The van der Waals surface area contributed by atoms with E-state index in [1.807, 2.05) is 18.2 Å². The van der Waals surface area contributed by atoms with Crippen LogP contribution in [0.4, 0.5) is 27.5 Å². The third-order valence-corrected chi connectivity index (χ3v) is 4.86. The van der Waals surface area contributed by atoms with Gasteiger partial charge in [-0.1, -0.05) is 11.2 Å². The van der Waals surface area contributed by atoms with Crippen LogP contribution in [-0.2, 0) is 6.42 Å². The quantitative estimate of drug-likeness (QED) is 0.403. The number of hydrogen-bond acceptors (Lipinski definition) is 6. The van der Waals surface area contributed by atoms with Crippen LogP contribution in [-0.4, -0.2) is 20.9 Å².